The van der Waals surface area contributed by atoms with Crippen LogP contribution in [0, 0.1) is 19.7 Å². The van der Waals surface area contributed by atoms with E-state index in [0.717, 1.165) is 47.0 Å². The van der Waals surface area contributed by atoms with E-state index in [9.17, 15) is 9.18 Å². The van der Waals surface area contributed by atoms with E-state index in [1.165, 1.54) is 12.1 Å². The molecule has 0 fully saturated rings. The summed E-state index contributed by atoms with van der Waals surface area (Å²) >= 11 is 0. The maximum Gasteiger partial charge on any atom is 0.243 e. The van der Waals surface area contributed by atoms with Crippen molar-refractivity contribution in [1.82, 2.24) is 30.4 Å². The molecule has 1 unspecified atom stereocenters. The zero-order valence-corrected chi connectivity index (χ0v) is 15.2. The van der Waals surface area contributed by atoms with E-state index in [-0.39, 0.29) is 11.7 Å². The third-order valence-electron chi connectivity index (χ3n) is 4.96. The molecule has 4 rings (SSSR count). The van der Waals surface area contributed by atoms with Crippen LogP contribution in [0.25, 0.3) is 5.69 Å². The number of aromatic nitrogens is 4. The van der Waals surface area contributed by atoms with Crippen LogP contribution in [-0.2, 0) is 17.8 Å². The second kappa shape index (κ2) is 6.96. The molecule has 1 aromatic carbocycles. The monoisotopic (exact) mass is 368 g/mol. The number of H-pyrrole nitrogens is 1. The molecule has 27 heavy (non-hydrogen) atoms. The Morgan fingerprint density at radius 1 is 1.33 bits per heavy atom. The van der Waals surface area contributed by atoms with Crippen molar-refractivity contribution >= 4 is 5.91 Å². The SMILES string of the molecule is Cc1nn(-c2ccc(F)cc2)c(C)c1CNC(=O)C1NCCc2[nH]cnc21. The van der Waals surface area contributed by atoms with Gasteiger partial charge < -0.3 is 15.6 Å². The van der Waals surface area contributed by atoms with E-state index in [1.54, 1.807) is 23.1 Å². The Balaban J connectivity index is 1.51. The number of hydrogen-bond acceptors (Lipinski definition) is 4. The van der Waals surface area contributed by atoms with Gasteiger partial charge in [-0.15, -0.1) is 0 Å². The fourth-order valence-electron chi connectivity index (χ4n) is 3.48. The summed E-state index contributed by atoms with van der Waals surface area (Å²) in [7, 11) is 0. The number of aromatic amines is 1. The van der Waals surface area contributed by atoms with E-state index < -0.39 is 6.04 Å². The molecule has 0 aliphatic carbocycles. The van der Waals surface area contributed by atoms with Crippen LogP contribution < -0.4 is 10.6 Å². The molecule has 2 aromatic heterocycles. The highest BCUT2D eigenvalue weighted by Crippen LogP contribution is 2.21. The Kier molecular flexibility index (Phi) is 4.49. The minimum absolute atomic E-state index is 0.114. The highest BCUT2D eigenvalue weighted by Gasteiger charge is 2.28. The Morgan fingerprint density at radius 2 is 2.11 bits per heavy atom. The third kappa shape index (κ3) is 3.23. The Labute approximate surface area is 156 Å². The molecule has 0 radical (unpaired) electrons. The average molecular weight is 368 g/mol. The van der Waals surface area contributed by atoms with Gasteiger partial charge in [-0.2, -0.15) is 5.10 Å². The second-order valence-electron chi connectivity index (χ2n) is 6.66. The topological polar surface area (TPSA) is 87.6 Å². The first kappa shape index (κ1) is 17.4. The Bertz CT molecular complexity index is 975. The van der Waals surface area contributed by atoms with E-state index in [4.69, 9.17) is 0 Å². The summed E-state index contributed by atoms with van der Waals surface area (Å²) in [6.07, 6.45) is 2.46. The average Bonchev–Trinajstić information content (AvgIpc) is 3.25. The van der Waals surface area contributed by atoms with Crippen LogP contribution in [0.15, 0.2) is 30.6 Å². The first-order valence-corrected chi connectivity index (χ1v) is 8.89. The molecule has 1 aliphatic rings. The minimum Gasteiger partial charge on any atom is -0.350 e. The molecule has 3 heterocycles. The largest absolute Gasteiger partial charge is 0.350 e. The highest BCUT2D eigenvalue weighted by molar-refractivity contribution is 5.83. The summed E-state index contributed by atoms with van der Waals surface area (Å²) in [4.78, 5) is 20.0. The number of benzene rings is 1. The zero-order valence-electron chi connectivity index (χ0n) is 15.2. The van der Waals surface area contributed by atoms with Crippen LogP contribution in [0.1, 0.15) is 34.4 Å². The van der Waals surface area contributed by atoms with Crippen LogP contribution >= 0.6 is 0 Å². The maximum atomic E-state index is 13.2. The molecule has 3 aromatic rings. The summed E-state index contributed by atoms with van der Waals surface area (Å²) in [5.74, 6) is -0.401. The summed E-state index contributed by atoms with van der Waals surface area (Å²) in [6, 6.07) is 5.73. The van der Waals surface area contributed by atoms with Gasteiger partial charge in [-0.05, 0) is 38.1 Å². The predicted molar refractivity (Wildman–Crippen MR) is 97.9 cm³/mol. The van der Waals surface area contributed by atoms with Crippen molar-refractivity contribution < 1.29 is 9.18 Å². The van der Waals surface area contributed by atoms with Gasteiger partial charge in [0.25, 0.3) is 0 Å². The van der Waals surface area contributed by atoms with Crippen molar-refractivity contribution in [3.05, 3.63) is 64.7 Å². The van der Waals surface area contributed by atoms with Crippen molar-refractivity contribution in [2.45, 2.75) is 32.9 Å². The van der Waals surface area contributed by atoms with Crippen LogP contribution in [0.4, 0.5) is 4.39 Å². The fourth-order valence-corrected chi connectivity index (χ4v) is 3.48. The number of amides is 1. The lowest BCUT2D eigenvalue weighted by Crippen LogP contribution is -2.41. The number of carbonyl (C=O) groups excluding carboxylic acids is 1. The minimum atomic E-state index is -0.451. The molecule has 0 spiro atoms. The van der Waals surface area contributed by atoms with E-state index in [2.05, 4.69) is 25.7 Å². The van der Waals surface area contributed by atoms with Crippen LogP contribution in [0.5, 0.6) is 0 Å². The predicted octanol–water partition coefficient (Wildman–Crippen LogP) is 1.85. The number of hydrogen-bond donors (Lipinski definition) is 3. The van der Waals surface area contributed by atoms with Crippen LogP contribution in [0.2, 0.25) is 0 Å². The summed E-state index contributed by atoms with van der Waals surface area (Å²) in [5, 5.41) is 10.7. The number of carbonyl (C=O) groups is 1. The molecule has 8 heteroatoms. The molecule has 1 amide bonds. The number of halogens is 1. The summed E-state index contributed by atoms with van der Waals surface area (Å²) in [6.45, 7) is 4.94. The van der Waals surface area contributed by atoms with Gasteiger partial charge in [-0.3, -0.25) is 4.79 Å². The van der Waals surface area contributed by atoms with Gasteiger partial charge >= 0.3 is 0 Å². The lowest BCUT2D eigenvalue weighted by Gasteiger charge is -2.22. The zero-order chi connectivity index (χ0) is 19.0. The molecule has 0 saturated carbocycles. The van der Waals surface area contributed by atoms with Gasteiger partial charge in [-0.1, -0.05) is 0 Å². The lowest BCUT2D eigenvalue weighted by atomic mass is 10.0. The smallest absolute Gasteiger partial charge is 0.243 e. The van der Waals surface area contributed by atoms with Crippen LogP contribution in [0.3, 0.4) is 0 Å². The molecule has 3 N–H and O–H groups in total. The fraction of sp³-hybridized carbons (Fsp3) is 0.316. The number of fused-ring (bicyclic) bond motifs is 1. The van der Waals surface area contributed by atoms with Gasteiger partial charge in [0.05, 0.1) is 23.4 Å². The molecule has 140 valence electrons. The number of rotatable bonds is 4. The maximum absolute atomic E-state index is 13.2. The van der Waals surface area contributed by atoms with Gasteiger partial charge in [0, 0.05) is 36.5 Å². The van der Waals surface area contributed by atoms with Crippen molar-refractivity contribution in [2.24, 2.45) is 0 Å². The molecule has 0 bridgehead atoms. The number of aryl methyl sites for hydroxylation is 1. The first-order valence-electron chi connectivity index (χ1n) is 8.89. The van der Waals surface area contributed by atoms with Crippen molar-refractivity contribution in [2.75, 3.05) is 6.54 Å². The van der Waals surface area contributed by atoms with Gasteiger partial charge in [0.15, 0.2) is 0 Å². The molecule has 0 saturated heterocycles. The number of nitrogens with one attached hydrogen (secondary N) is 3. The van der Waals surface area contributed by atoms with Gasteiger partial charge in [0.2, 0.25) is 5.91 Å². The third-order valence-corrected chi connectivity index (χ3v) is 4.96. The Hall–Kier alpha value is -3.00. The summed E-state index contributed by atoms with van der Waals surface area (Å²) < 4.78 is 14.9. The van der Waals surface area contributed by atoms with Gasteiger partial charge in [0.1, 0.15) is 11.9 Å². The number of imidazole rings is 1. The van der Waals surface area contributed by atoms with Crippen molar-refractivity contribution in [3.63, 3.8) is 0 Å². The normalized spacial score (nSPS) is 16.2. The molecule has 7 nitrogen and oxygen atoms in total. The van der Waals surface area contributed by atoms with E-state index in [0.29, 0.717) is 6.54 Å². The Morgan fingerprint density at radius 3 is 2.89 bits per heavy atom. The molecule has 1 aliphatic heterocycles. The van der Waals surface area contributed by atoms with Crippen molar-refractivity contribution in [3.8, 4) is 5.69 Å². The van der Waals surface area contributed by atoms with Crippen molar-refractivity contribution in [1.29, 1.82) is 0 Å². The van der Waals surface area contributed by atoms with Crippen LogP contribution in [-0.4, -0.2) is 32.2 Å². The first-order chi connectivity index (χ1) is 13.0. The molecular weight excluding hydrogens is 347 g/mol. The molecular formula is C19H21FN6O. The van der Waals surface area contributed by atoms with E-state index >= 15 is 0 Å². The standard InChI is InChI=1S/C19H21FN6O/c1-11-15(12(2)26(25-11)14-5-3-13(20)4-6-14)9-22-19(27)18-17-16(7-8-21-18)23-10-24-17/h3-6,10,18,21H,7-9H2,1-2H3,(H,22,27)(H,23,24). The van der Waals surface area contributed by atoms with E-state index in [1.807, 2.05) is 13.8 Å². The second-order valence-corrected chi connectivity index (χ2v) is 6.66. The number of nitrogens with zero attached hydrogens (tertiary/aromatic N) is 3. The quantitative estimate of drug-likeness (QED) is 0.656. The molecule has 1 atom stereocenters. The highest BCUT2D eigenvalue weighted by atomic mass is 19.1. The van der Waals surface area contributed by atoms with Gasteiger partial charge in [-0.25, -0.2) is 14.1 Å². The summed E-state index contributed by atoms with van der Waals surface area (Å²) in [5.41, 5.74) is 5.24. The lowest BCUT2D eigenvalue weighted by molar-refractivity contribution is -0.123.